The van der Waals surface area contributed by atoms with Gasteiger partial charge in [-0.2, -0.15) is 0 Å². The molecule has 2 aromatic rings. The summed E-state index contributed by atoms with van der Waals surface area (Å²) >= 11 is 1.56. The number of ketones is 1. The molecule has 0 saturated carbocycles. The molecule has 2 bridgehead atoms. The van der Waals surface area contributed by atoms with E-state index < -0.39 is 0 Å². The Morgan fingerprint density at radius 1 is 1.12 bits per heavy atom. The molecule has 3 atom stereocenters. The van der Waals surface area contributed by atoms with Gasteiger partial charge in [-0.15, -0.1) is 0 Å². The summed E-state index contributed by atoms with van der Waals surface area (Å²) in [6, 6.07) is 12.5. The van der Waals surface area contributed by atoms with Crippen molar-refractivity contribution in [1.82, 2.24) is 15.6 Å². The topological polar surface area (TPSA) is 71.1 Å². The number of carbonyl (C=O) groups is 2. The van der Waals surface area contributed by atoms with Gasteiger partial charge < -0.3 is 10.6 Å². The van der Waals surface area contributed by atoms with Crippen LogP contribution in [0.3, 0.4) is 0 Å². The fraction of sp³-hybridized carbons (Fsp3) is 0.350. The van der Waals surface area contributed by atoms with Crippen LogP contribution in [0.15, 0.2) is 52.4 Å². The van der Waals surface area contributed by atoms with Crippen LogP contribution in [-0.4, -0.2) is 34.8 Å². The van der Waals surface area contributed by atoms with Crippen LogP contribution in [0.1, 0.15) is 47.0 Å². The van der Waals surface area contributed by atoms with Crippen LogP contribution in [0.25, 0.3) is 0 Å². The van der Waals surface area contributed by atoms with E-state index in [-0.39, 0.29) is 17.7 Å². The maximum Gasteiger partial charge on any atom is 0.251 e. The molecule has 2 fully saturated rings. The first-order valence-electron chi connectivity index (χ1n) is 8.90. The highest BCUT2D eigenvalue weighted by atomic mass is 32.2. The molecular formula is C20H21N3O2S. The van der Waals surface area contributed by atoms with Gasteiger partial charge in [0.25, 0.3) is 5.91 Å². The lowest BCUT2D eigenvalue weighted by molar-refractivity contribution is 0.0930. The second-order valence-electron chi connectivity index (χ2n) is 6.92. The van der Waals surface area contributed by atoms with Crippen LogP contribution in [0.2, 0.25) is 0 Å². The summed E-state index contributed by atoms with van der Waals surface area (Å²) in [6.07, 6.45) is 5.12. The molecule has 2 saturated heterocycles. The summed E-state index contributed by atoms with van der Waals surface area (Å²) < 4.78 is 0. The Labute approximate surface area is 157 Å². The van der Waals surface area contributed by atoms with Crippen LogP contribution in [-0.2, 0) is 0 Å². The third kappa shape index (κ3) is 3.66. The molecule has 3 heterocycles. The zero-order chi connectivity index (χ0) is 18.1. The monoisotopic (exact) mass is 367 g/mol. The third-order valence-electron chi connectivity index (χ3n) is 5.07. The number of hydrogen-bond donors (Lipinski definition) is 2. The van der Waals surface area contributed by atoms with E-state index >= 15 is 0 Å². The predicted molar refractivity (Wildman–Crippen MR) is 101 cm³/mol. The number of pyridine rings is 1. The molecule has 0 spiro atoms. The molecule has 4 rings (SSSR count). The first-order chi connectivity index (χ1) is 12.6. The van der Waals surface area contributed by atoms with Crippen molar-refractivity contribution in [2.24, 2.45) is 0 Å². The molecule has 1 aromatic carbocycles. The number of aromatic nitrogens is 1. The van der Waals surface area contributed by atoms with E-state index in [1.54, 1.807) is 24.0 Å². The van der Waals surface area contributed by atoms with E-state index in [0.717, 1.165) is 22.6 Å². The van der Waals surface area contributed by atoms with Crippen LogP contribution in [0, 0.1) is 0 Å². The van der Waals surface area contributed by atoms with E-state index in [0.29, 0.717) is 23.3 Å². The van der Waals surface area contributed by atoms with E-state index in [9.17, 15) is 9.59 Å². The van der Waals surface area contributed by atoms with Crippen molar-refractivity contribution in [3.63, 3.8) is 0 Å². The smallest absolute Gasteiger partial charge is 0.251 e. The maximum absolute atomic E-state index is 12.5. The van der Waals surface area contributed by atoms with Crippen LogP contribution < -0.4 is 10.6 Å². The highest BCUT2D eigenvalue weighted by molar-refractivity contribution is 7.99. The number of fused-ring (bicyclic) bond motifs is 2. The van der Waals surface area contributed by atoms with Crippen LogP contribution in [0.5, 0.6) is 0 Å². The molecule has 0 aliphatic carbocycles. The Kier molecular flexibility index (Phi) is 4.78. The van der Waals surface area contributed by atoms with Gasteiger partial charge in [-0.05, 0) is 55.7 Å². The van der Waals surface area contributed by atoms with Gasteiger partial charge in [0.1, 0.15) is 5.69 Å². The van der Waals surface area contributed by atoms with Gasteiger partial charge in [0.15, 0.2) is 5.78 Å². The van der Waals surface area contributed by atoms with Crippen molar-refractivity contribution in [1.29, 1.82) is 0 Å². The zero-order valence-electron chi connectivity index (χ0n) is 14.6. The van der Waals surface area contributed by atoms with E-state index in [2.05, 4.69) is 15.6 Å². The minimum atomic E-state index is -0.0393. The van der Waals surface area contributed by atoms with Crippen molar-refractivity contribution < 1.29 is 9.59 Å². The summed E-state index contributed by atoms with van der Waals surface area (Å²) in [5, 5.41) is 6.70. The lowest BCUT2D eigenvalue weighted by atomic mass is 9.95. The molecule has 2 N–H and O–H groups in total. The predicted octanol–water partition coefficient (Wildman–Crippen LogP) is 3.06. The molecule has 1 amide bonds. The van der Waals surface area contributed by atoms with Crippen LogP contribution in [0.4, 0.5) is 0 Å². The van der Waals surface area contributed by atoms with Gasteiger partial charge in [0.2, 0.25) is 0 Å². The Balaban J connectivity index is 1.37. The fourth-order valence-corrected chi connectivity index (χ4v) is 4.48. The van der Waals surface area contributed by atoms with Gasteiger partial charge in [0, 0.05) is 46.6 Å². The average Bonchev–Trinajstić information content (AvgIpc) is 3.26. The lowest BCUT2D eigenvalue weighted by Gasteiger charge is -2.21. The van der Waals surface area contributed by atoms with Crippen molar-refractivity contribution in [3.05, 3.63) is 53.9 Å². The first kappa shape index (κ1) is 17.2. The molecule has 2 aliphatic heterocycles. The van der Waals surface area contributed by atoms with E-state index in [4.69, 9.17) is 0 Å². The molecule has 26 heavy (non-hydrogen) atoms. The zero-order valence-corrected chi connectivity index (χ0v) is 15.4. The summed E-state index contributed by atoms with van der Waals surface area (Å²) in [5.74, 6) is -0.0454. The first-order valence-corrected chi connectivity index (χ1v) is 9.72. The maximum atomic E-state index is 12.5. The summed E-state index contributed by atoms with van der Waals surface area (Å²) in [4.78, 5) is 29.9. The summed E-state index contributed by atoms with van der Waals surface area (Å²) in [7, 11) is 0. The van der Waals surface area contributed by atoms with Gasteiger partial charge in [-0.3, -0.25) is 14.6 Å². The van der Waals surface area contributed by atoms with Crippen molar-refractivity contribution in [2.45, 2.75) is 54.1 Å². The Bertz CT molecular complexity index is 820. The standard InChI is InChI=1S/C20H21N3O2S/c1-12(24)17-9-7-16(11-21-17)26-15-5-2-13(3-6-15)20(25)23-19-10-14-4-8-18(19)22-14/h2-3,5-7,9,11,14,18-19,22H,4,8,10H2,1H3,(H,23,25)/t14-,18+,19-/m1/s1. The second-order valence-corrected chi connectivity index (χ2v) is 8.07. The molecule has 0 radical (unpaired) electrons. The quantitative estimate of drug-likeness (QED) is 0.795. The number of amides is 1. The van der Waals surface area contributed by atoms with Gasteiger partial charge >= 0.3 is 0 Å². The summed E-state index contributed by atoms with van der Waals surface area (Å²) in [5.41, 5.74) is 1.15. The Morgan fingerprint density at radius 3 is 2.46 bits per heavy atom. The molecule has 0 unspecified atom stereocenters. The number of hydrogen-bond acceptors (Lipinski definition) is 5. The molecule has 134 valence electrons. The number of rotatable bonds is 5. The lowest BCUT2D eigenvalue weighted by Crippen LogP contribution is -2.42. The SMILES string of the molecule is CC(=O)c1ccc(Sc2ccc(C(=O)N[C@@H]3C[C@H]4CC[C@@H]3N4)cc2)cn1. The Hall–Kier alpha value is -2.18. The van der Waals surface area contributed by atoms with Gasteiger partial charge in [-0.25, -0.2) is 0 Å². The minimum Gasteiger partial charge on any atom is -0.348 e. The average molecular weight is 367 g/mol. The highest BCUT2D eigenvalue weighted by Crippen LogP contribution is 2.29. The van der Waals surface area contributed by atoms with E-state index in [1.165, 1.54) is 13.3 Å². The van der Waals surface area contributed by atoms with Crippen molar-refractivity contribution in [3.8, 4) is 0 Å². The molecule has 6 heteroatoms. The number of nitrogens with zero attached hydrogens (tertiary/aromatic N) is 1. The number of Topliss-reactive ketones (excluding diaryl/α,β-unsaturated/α-hetero) is 1. The Morgan fingerprint density at radius 2 is 1.88 bits per heavy atom. The fourth-order valence-electron chi connectivity index (χ4n) is 3.69. The highest BCUT2D eigenvalue weighted by Gasteiger charge is 2.39. The number of benzene rings is 1. The third-order valence-corrected chi connectivity index (χ3v) is 6.05. The van der Waals surface area contributed by atoms with Gasteiger partial charge in [0.05, 0.1) is 0 Å². The molecule has 5 nitrogen and oxygen atoms in total. The second kappa shape index (κ2) is 7.21. The molecule has 1 aromatic heterocycles. The number of carbonyl (C=O) groups excluding carboxylic acids is 2. The van der Waals surface area contributed by atoms with Crippen LogP contribution >= 0.6 is 11.8 Å². The van der Waals surface area contributed by atoms with Crippen molar-refractivity contribution >= 4 is 23.5 Å². The number of nitrogens with one attached hydrogen (secondary N) is 2. The molecular weight excluding hydrogens is 346 g/mol. The van der Waals surface area contributed by atoms with Crippen molar-refractivity contribution in [2.75, 3.05) is 0 Å². The summed E-state index contributed by atoms with van der Waals surface area (Å²) in [6.45, 7) is 1.51. The largest absolute Gasteiger partial charge is 0.348 e. The normalized spacial score (nSPS) is 23.8. The van der Waals surface area contributed by atoms with E-state index in [1.807, 2.05) is 30.3 Å². The van der Waals surface area contributed by atoms with Gasteiger partial charge in [-0.1, -0.05) is 11.8 Å². The minimum absolute atomic E-state index is 0.00613. The molecule has 2 aliphatic rings.